The predicted octanol–water partition coefficient (Wildman–Crippen LogP) is 1.89. The number of anilines is 1. The first-order chi connectivity index (χ1) is 13.8. The number of benzene rings is 2. The molecule has 2 aromatic rings. The van der Waals surface area contributed by atoms with Crippen LogP contribution in [-0.2, 0) is 10.0 Å². The first-order valence-electron chi connectivity index (χ1n) is 8.43. The number of hydrogen-bond acceptors (Lipinski definition) is 8. The second-order valence-corrected chi connectivity index (χ2v) is 8.09. The molecule has 0 aromatic heterocycles. The maximum atomic E-state index is 12.9. The lowest BCUT2D eigenvalue weighted by molar-refractivity contribution is -0.393. The molecule has 1 fully saturated rings. The first-order valence-corrected chi connectivity index (χ1v) is 9.87. The lowest BCUT2D eigenvalue weighted by Crippen LogP contribution is -2.48. The van der Waals surface area contributed by atoms with Crippen molar-refractivity contribution in [3.8, 4) is 6.07 Å². The zero-order valence-electron chi connectivity index (χ0n) is 15.0. The summed E-state index contributed by atoms with van der Waals surface area (Å²) in [6, 6.07) is 11.1. The summed E-state index contributed by atoms with van der Waals surface area (Å²) in [4.78, 5) is 22.3. The van der Waals surface area contributed by atoms with Crippen LogP contribution in [-0.4, -0.2) is 48.7 Å². The normalized spacial score (nSPS) is 14.9. The van der Waals surface area contributed by atoms with Crippen molar-refractivity contribution in [3.63, 3.8) is 0 Å². The number of nitriles is 1. The summed E-state index contributed by atoms with van der Waals surface area (Å²) >= 11 is 0. The van der Waals surface area contributed by atoms with Gasteiger partial charge >= 0.3 is 0 Å². The summed E-state index contributed by atoms with van der Waals surface area (Å²) in [6.07, 6.45) is 0. The van der Waals surface area contributed by atoms with Gasteiger partial charge in [-0.1, -0.05) is 12.1 Å². The first kappa shape index (κ1) is 20.2. The largest absolute Gasteiger partial charge is 0.363 e. The Morgan fingerprint density at radius 2 is 1.62 bits per heavy atom. The van der Waals surface area contributed by atoms with E-state index in [1.54, 1.807) is 11.0 Å². The van der Waals surface area contributed by atoms with E-state index >= 15 is 0 Å². The van der Waals surface area contributed by atoms with Gasteiger partial charge in [0.25, 0.3) is 11.4 Å². The number of nitrogens with zero attached hydrogens (tertiary/aromatic N) is 5. The van der Waals surface area contributed by atoms with Gasteiger partial charge in [0.2, 0.25) is 10.0 Å². The van der Waals surface area contributed by atoms with E-state index in [0.29, 0.717) is 0 Å². The van der Waals surface area contributed by atoms with Crippen LogP contribution >= 0.6 is 0 Å². The van der Waals surface area contributed by atoms with Gasteiger partial charge in [0, 0.05) is 32.2 Å². The van der Waals surface area contributed by atoms with Crippen molar-refractivity contribution in [1.82, 2.24) is 4.31 Å². The number of nitro groups is 2. The summed E-state index contributed by atoms with van der Waals surface area (Å²) in [5, 5.41) is 31.4. The molecule has 0 aliphatic carbocycles. The van der Waals surface area contributed by atoms with Crippen LogP contribution in [0, 0.1) is 31.6 Å². The molecule has 0 amide bonds. The van der Waals surface area contributed by atoms with E-state index in [1.165, 1.54) is 34.6 Å². The van der Waals surface area contributed by atoms with E-state index in [4.69, 9.17) is 5.26 Å². The summed E-state index contributed by atoms with van der Waals surface area (Å²) in [5.41, 5.74) is -0.573. The van der Waals surface area contributed by atoms with Crippen molar-refractivity contribution in [2.45, 2.75) is 4.90 Å². The Bertz CT molecular complexity index is 1120. The third-order valence-electron chi connectivity index (χ3n) is 4.57. The Morgan fingerprint density at radius 3 is 2.21 bits per heavy atom. The van der Waals surface area contributed by atoms with Crippen molar-refractivity contribution < 1.29 is 18.3 Å². The maximum absolute atomic E-state index is 12.9. The van der Waals surface area contributed by atoms with Crippen molar-refractivity contribution >= 4 is 27.1 Å². The molecule has 0 unspecified atom stereocenters. The average Bonchev–Trinajstić information content (AvgIpc) is 2.73. The molecule has 1 aliphatic heterocycles. The van der Waals surface area contributed by atoms with Crippen LogP contribution in [0.4, 0.5) is 17.1 Å². The molecule has 1 saturated heterocycles. The quantitative estimate of drug-likeness (QED) is 0.528. The van der Waals surface area contributed by atoms with Crippen molar-refractivity contribution in [3.05, 3.63) is 68.3 Å². The standard InChI is InChI=1S/C17H15N5O6S/c18-12-13-3-1-2-4-17(13)29(27,28)20-9-7-19(8-10-20)15-6-5-14(21(23)24)11-16(15)22(25)26/h1-6,11H,7-10H2. The summed E-state index contributed by atoms with van der Waals surface area (Å²) in [7, 11) is -3.89. The molecule has 3 rings (SSSR count). The molecule has 150 valence electrons. The van der Waals surface area contributed by atoms with Crippen molar-refractivity contribution in [1.29, 1.82) is 5.26 Å². The minimum absolute atomic E-state index is 0.0425. The van der Waals surface area contributed by atoms with Crippen LogP contribution in [0.25, 0.3) is 0 Å². The summed E-state index contributed by atoms with van der Waals surface area (Å²) in [6.45, 7) is 0.422. The van der Waals surface area contributed by atoms with Gasteiger partial charge in [0.1, 0.15) is 11.8 Å². The van der Waals surface area contributed by atoms with Gasteiger partial charge in [-0.2, -0.15) is 9.57 Å². The van der Waals surface area contributed by atoms with Crippen LogP contribution < -0.4 is 4.90 Å². The smallest absolute Gasteiger partial charge is 0.299 e. The average molecular weight is 417 g/mol. The lowest BCUT2D eigenvalue weighted by Gasteiger charge is -2.35. The number of non-ortho nitro benzene ring substituents is 1. The number of nitro benzene ring substituents is 2. The Kier molecular flexibility index (Phi) is 5.44. The third-order valence-corrected chi connectivity index (χ3v) is 6.53. The van der Waals surface area contributed by atoms with Crippen LogP contribution in [0.15, 0.2) is 47.4 Å². The van der Waals surface area contributed by atoms with E-state index in [0.717, 1.165) is 6.07 Å². The highest BCUT2D eigenvalue weighted by Gasteiger charge is 2.32. The van der Waals surface area contributed by atoms with Gasteiger partial charge < -0.3 is 4.90 Å². The van der Waals surface area contributed by atoms with Crippen LogP contribution in [0.2, 0.25) is 0 Å². The lowest BCUT2D eigenvalue weighted by atomic mass is 10.2. The van der Waals surface area contributed by atoms with Crippen LogP contribution in [0.1, 0.15) is 5.56 Å². The minimum Gasteiger partial charge on any atom is -0.363 e. The molecule has 1 aliphatic rings. The maximum Gasteiger partial charge on any atom is 0.299 e. The number of piperazine rings is 1. The van der Waals surface area contributed by atoms with Crippen molar-refractivity contribution in [2.75, 3.05) is 31.1 Å². The fourth-order valence-electron chi connectivity index (χ4n) is 3.13. The van der Waals surface area contributed by atoms with Gasteiger partial charge in [-0.05, 0) is 18.2 Å². The zero-order chi connectivity index (χ0) is 21.2. The molecular weight excluding hydrogens is 402 g/mol. The zero-order valence-corrected chi connectivity index (χ0v) is 15.8. The molecule has 0 saturated carbocycles. The topological polar surface area (TPSA) is 151 Å². The van der Waals surface area contributed by atoms with E-state index in [9.17, 15) is 28.6 Å². The number of sulfonamides is 1. The molecule has 12 heteroatoms. The van der Waals surface area contributed by atoms with E-state index in [-0.39, 0.29) is 42.3 Å². The molecule has 29 heavy (non-hydrogen) atoms. The molecule has 0 bridgehead atoms. The Morgan fingerprint density at radius 1 is 0.966 bits per heavy atom. The fourth-order valence-corrected chi connectivity index (χ4v) is 4.70. The highest BCUT2D eigenvalue weighted by atomic mass is 32.2. The van der Waals surface area contributed by atoms with Gasteiger partial charge in [-0.3, -0.25) is 20.2 Å². The monoisotopic (exact) mass is 417 g/mol. The molecule has 0 spiro atoms. The molecular formula is C17H15N5O6S. The van der Waals surface area contributed by atoms with Crippen molar-refractivity contribution in [2.24, 2.45) is 0 Å². The highest BCUT2D eigenvalue weighted by Crippen LogP contribution is 2.33. The molecule has 0 radical (unpaired) electrons. The number of hydrogen-bond donors (Lipinski definition) is 0. The fraction of sp³-hybridized carbons (Fsp3) is 0.235. The molecule has 0 atom stereocenters. The van der Waals surface area contributed by atoms with Crippen LogP contribution in [0.5, 0.6) is 0 Å². The second kappa shape index (κ2) is 7.82. The van der Waals surface area contributed by atoms with E-state index < -0.39 is 31.2 Å². The van der Waals surface area contributed by atoms with E-state index in [1.807, 2.05) is 6.07 Å². The summed E-state index contributed by atoms with van der Waals surface area (Å²) < 4.78 is 27.0. The SMILES string of the molecule is N#Cc1ccccc1S(=O)(=O)N1CCN(c2ccc([N+](=O)[O-])cc2[N+](=O)[O-])CC1. The van der Waals surface area contributed by atoms with Gasteiger partial charge in [0.15, 0.2) is 0 Å². The molecule has 2 aromatic carbocycles. The predicted molar refractivity (Wildman–Crippen MR) is 102 cm³/mol. The van der Waals surface area contributed by atoms with Crippen LogP contribution in [0.3, 0.4) is 0 Å². The molecule has 0 N–H and O–H groups in total. The highest BCUT2D eigenvalue weighted by molar-refractivity contribution is 7.89. The Hall–Kier alpha value is -3.56. The number of rotatable bonds is 5. The van der Waals surface area contributed by atoms with E-state index in [2.05, 4.69) is 0 Å². The minimum atomic E-state index is -3.89. The van der Waals surface area contributed by atoms with Gasteiger partial charge in [-0.25, -0.2) is 8.42 Å². The molecule has 1 heterocycles. The van der Waals surface area contributed by atoms with Gasteiger partial charge in [0.05, 0.1) is 26.4 Å². The third kappa shape index (κ3) is 3.86. The molecule has 11 nitrogen and oxygen atoms in total. The Labute approximate surface area is 165 Å². The van der Waals surface area contributed by atoms with Gasteiger partial charge in [-0.15, -0.1) is 0 Å². The Balaban J connectivity index is 1.83. The second-order valence-electron chi connectivity index (χ2n) is 6.19. The summed E-state index contributed by atoms with van der Waals surface area (Å²) in [5.74, 6) is 0.